The molecule has 0 saturated heterocycles. The molecule has 218 valence electrons. The van der Waals surface area contributed by atoms with E-state index in [9.17, 15) is 35.2 Å². The average molecular weight is 618 g/mol. The van der Waals surface area contributed by atoms with Gasteiger partial charge in [0.1, 0.15) is 17.6 Å². The Morgan fingerprint density at radius 3 is 2.54 bits per heavy atom. The van der Waals surface area contributed by atoms with Gasteiger partial charge in [0.15, 0.2) is 0 Å². The molecule has 1 heterocycles. The number of carboxylic acids is 1. The van der Waals surface area contributed by atoms with Crippen molar-refractivity contribution in [3.63, 3.8) is 0 Å². The Morgan fingerprint density at radius 2 is 1.85 bits per heavy atom. The number of aliphatic carboxylic acids is 1. The molecule has 0 aromatic heterocycles. The number of sulfonamides is 1. The molecule has 1 aliphatic heterocycles. The summed E-state index contributed by atoms with van der Waals surface area (Å²) in [5.41, 5.74) is -0.947. The van der Waals surface area contributed by atoms with Gasteiger partial charge in [0, 0.05) is 23.1 Å². The number of rotatable bonds is 9. The molecule has 1 unspecified atom stereocenters. The largest absolute Gasteiger partial charge is 0.486 e. The minimum Gasteiger partial charge on any atom is -0.486 e. The number of carboxylic acid groups (broad SMARTS) is 1. The summed E-state index contributed by atoms with van der Waals surface area (Å²) in [5.74, 6) is -1.45. The van der Waals surface area contributed by atoms with Gasteiger partial charge in [0.2, 0.25) is 0 Å². The Bertz CT molecular complexity index is 1580. The summed E-state index contributed by atoms with van der Waals surface area (Å²) in [6.07, 6.45) is -3.43. The van der Waals surface area contributed by atoms with E-state index in [1.807, 2.05) is 0 Å². The molecule has 0 bridgehead atoms. The maximum atomic E-state index is 13.7. The van der Waals surface area contributed by atoms with Crippen LogP contribution in [0, 0.1) is 0 Å². The van der Waals surface area contributed by atoms with Gasteiger partial charge in [-0.2, -0.15) is 22.0 Å². The van der Waals surface area contributed by atoms with E-state index in [4.69, 9.17) is 21.4 Å². The molecule has 1 atom stereocenters. The van der Waals surface area contributed by atoms with Crippen LogP contribution < -0.4 is 13.8 Å². The average Bonchev–Trinajstić information content (AvgIpc) is 2.89. The molecule has 1 aliphatic rings. The maximum absolute atomic E-state index is 13.7. The van der Waals surface area contributed by atoms with Crippen LogP contribution in [-0.2, 0) is 21.0 Å². The first-order valence-corrected chi connectivity index (χ1v) is 13.7. The van der Waals surface area contributed by atoms with Gasteiger partial charge in [0.05, 0.1) is 22.7 Å². The molecule has 3 aromatic rings. The van der Waals surface area contributed by atoms with Crippen LogP contribution in [0.5, 0.6) is 11.5 Å². The molecular weight excluding hydrogens is 597 g/mol. The number of carbonyl (C=O) groups is 1. The van der Waals surface area contributed by atoms with Gasteiger partial charge in [-0.25, -0.2) is 8.42 Å². The Morgan fingerprint density at radius 1 is 1.12 bits per heavy atom. The highest BCUT2D eigenvalue weighted by atomic mass is 35.5. The summed E-state index contributed by atoms with van der Waals surface area (Å²) in [7, 11) is -4.43. The van der Waals surface area contributed by atoms with Crippen molar-refractivity contribution in [3.8, 4) is 11.5 Å². The SMILES string of the molecule is O=C(O)CCC1CN(S(=O)(=O)c2cccc(OC(F)F)c2)c2cc(C=Cc3c(Cl)cccc3C(F)(F)F)ccc2O1. The quantitative estimate of drug-likeness (QED) is 0.206. The Labute approximate surface area is 236 Å². The molecule has 0 fully saturated rings. The van der Waals surface area contributed by atoms with Crippen molar-refractivity contribution in [1.29, 1.82) is 0 Å². The van der Waals surface area contributed by atoms with Gasteiger partial charge < -0.3 is 14.6 Å². The van der Waals surface area contributed by atoms with E-state index in [0.29, 0.717) is 5.56 Å². The lowest BCUT2D eigenvalue weighted by Crippen LogP contribution is -2.43. The lowest BCUT2D eigenvalue weighted by Gasteiger charge is -2.35. The number of alkyl halides is 5. The van der Waals surface area contributed by atoms with Crippen LogP contribution in [0.2, 0.25) is 5.02 Å². The van der Waals surface area contributed by atoms with Gasteiger partial charge in [-0.1, -0.05) is 42.0 Å². The van der Waals surface area contributed by atoms with Crippen molar-refractivity contribution < 1.29 is 49.7 Å². The van der Waals surface area contributed by atoms with Crippen LogP contribution >= 0.6 is 11.6 Å². The van der Waals surface area contributed by atoms with Crippen LogP contribution in [-0.4, -0.2) is 38.8 Å². The summed E-state index contributed by atoms with van der Waals surface area (Å²) in [6.45, 7) is -3.51. The summed E-state index contributed by atoms with van der Waals surface area (Å²) < 4.78 is 104. The van der Waals surface area contributed by atoms with Crippen LogP contribution in [0.25, 0.3) is 12.2 Å². The normalized spacial score (nSPS) is 15.6. The first-order chi connectivity index (χ1) is 19.3. The van der Waals surface area contributed by atoms with Crippen LogP contribution in [0.15, 0.2) is 65.6 Å². The molecule has 0 spiro atoms. The Balaban J connectivity index is 1.76. The van der Waals surface area contributed by atoms with Crippen molar-refractivity contribution in [2.45, 2.75) is 36.6 Å². The summed E-state index contributed by atoms with van der Waals surface area (Å²) in [6, 6.07) is 12.1. The number of halogens is 6. The lowest BCUT2D eigenvalue weighted by atomic mass is 10.0. The number of fused-ring (bicyclic) bond motifs is 1. The highest BCUT2D eigenvalue weighted by Crippen LogP contribution is 2.40. The van der Waals surface area contributed by atoms with Crippen LogP contribution in [0.3, 0.4) is 0 Å². The Kier molecular flexibility index (Phi) is 8.78. The lowest BCUT2D eigenvalue weighted by molar-refractivity contribution is -0.138. The second-order valence-corrected chi connectivity index (χ2v) is 11.1. The number of nitrogens with zero attached hydrogens (tertiary/aromatic N) is 1. The number of hydrogen-bond acceptors (Lipinski definition) is 5. The number of hydrogen-bond donors (Lipinski definition) is 1. The van der Waals surface area contributed by atoms with E-state index in [-0.39, 0.29) is 46.3 Å². The van der Waals surface area contributed by atoms with Gasteiger partial charge in [-0.05, 0) is 48.4 Å². The highest BCUT2D eigenvalue weighted by molar-refractivity contribution is 7.92. The third-order valence-corrected chi connectivity index (χ3v) is 8.12. The third kappa shape index (κ3) is 7.09. The zero-order valence-corrected chi connectivity index (χ0v) is 22.4. The van der Waals surface area contributed by atoms with Crippen molar-refractivity contribution >= 4 is 45.4 Å². The zero-order valence-electron chi connectivity index (χ0n) is 20.8. The van der Waals surface area contributed by atoms with Crippen LogP contribution in [0.1, 0.15) is 29.5 Å². The molecule has 14 heteroatoms. The molecule has 7 nitrogen and oxygen atoms in total. The summed E-state index contributed by atoms with van der Waals surface area (Å²) in [4.78, 5) is 10.7. The fraction of sp³-hybridized carbons (Fsp3) is 0.222. The monoisotopic (exact) mass is 617 g/mol. The highest BCUT2D eigenvalue weighted by Gasteiger charge is 2.36. The topological polar surface area (TPSA) is 93.1 Å². The summed E-state index contributed by atoms with van der Waals surface area (Å²) in [5, 5.41) is 8.93. The molecular formula is C27H21ClF5NO6S. The van der Waals surface area contributed by atoms with Crippen molar-refractivity contribution in [3.05, 3.63) is 82.4 Å². The zero-order chi connectivity index (χ0) is 29.9. The second-order valence-electron chi connectivity index (χ2n) is 8.82. The van der Waals surface area contributed by atoms with Crippen LogP contribution in [0.4, 0.5) is 27.6 Å². The maximum Gasteiger partial charge on any atom is 0.417 e. The van der Waals surface area contributed by atoms with E-state index in [0.717, 1.165) is 28.6 Å². The smallest absolute Gasteiger partial charge is 0.417 e. The fourth-order valence-electron chi connectivity index (χ4n) is 4.17. The predicted octanol–water partition coefficient (Wildman–Crippen LogP) is 6.95. The van der Waals surface area contributed by atoms with E-state index < -0.39 is 46.2 Å². The second kappa shape index (κ2) is 12.0. The minimum atomic E-state index is -4.67. The molecule has 1 N–H and O–H groups in total. The number of anilines is 1. The van der Waals surface area contributed by atoms with E-state index in [1.165, 1.54) is 48.5 Å². The molecule has 3 aromatic carbocycles. The van der Waals surface area contributed by atoms with Gasteiger partial charge >= 0.3 is 18.8 Å². The third-order valence-electron chi connectivity index (χ3n) is 6.01. The van der Waals surface area contributed by atoms with Crippen molar-refractivity contribution in [2.75, 3.05) is 10.8 Å². The minimum absolute atomic E-state index is 0.00843. The van der Waals surface area contributed by atoms with Gasteiger partial charge in [-0.15, -0.1) is 0 Å². The molecule has 0 saturated carbocycles. The molecule has 4 rings (SSSR count). The first kappa shape index (κ1) is 30.1. The fourth-order valence-corrected chi connectivity index (χ4v) is 5.94. The van der Waals surface area contributed by atoms with E-state index >= 15 is 0 Å². The number of benzene rings is 3. The van der Waals surface area contributed by atoms with E-state index in [1.54, 1.807) is 0 Å². The molecule has 0 amide bonds. The number of ether oxygens (including phenoxy) is 2. The Hall–Kier alpha value is -3.84. The molecule has 41 heavy (non-hydrogen) atoms. The van der Waals surface area contributed by atoms with Gasteiger partial charge in [0.25, 0.3) is 10.0 Å². The van der Waals surface area contributed by atoms with Crippen molar-refractivity contribution in [1.82, 2.24) is 0 Å². The van der Waals surface area contributed by atoms with Gasteiger partial charge in [-0.3, -0.25) is 9.10 Å². The molecule has 0 aliphatic carbocycles. The molecule has 0 radical (unpaired) electrons. The van der Waals surface area contributed by atoms with Crippen molar-refractivity contribution in [2.24, 2.45) is 0 Å². The predicted molar refractivity (Wildman–Crippen MR) is 141 cm³/mol. The standard InChI is InChI=1S/C27H21ClF5NO6S/c28-22-6-2-5-21(27(31,32)33)20(22)10-7-16-8-11-24-23(13-16)34(15-18(39-24)9-12-25(35)36)41(37,38)19-4-1-3-17(14-19)40-26(29)30/h1-8,10-11,13-14,18,26H,9,12,15H2,(H,35,36). The summed E-state index contributed by atoms with van der Waals surface area (Å²) >= 11 is 6.02. The first-order valence-electron chi connectivity index (χ1n) is 11.9. The van der Waals surface area contributed by atoms with E-state index in [2.05, 4.69) is 4.74 Å².